The van der Waals surface area contributed by atoms with Crippen molar-refractivity contribution in [1.82, 2.24) is 0 Å². The molecule has 0 saturated heterocycles. The van der Waals surface area contributed by atoms with Gasteiger partial charge < -0.3 is 19.9 Å². The van der Waals surface area contributed by atoms with E-state index in [1.807, 2.05) is 55.5 Å². The van der Waals surface area contributed by atoms with E-state index in [0.717, 1.165) is 23.7 Å². The summed E-state index contributed by atoms with van der Waals surface area (Å²) in [6, 6.07) is 15.1. The topological polar surface area (TPSA) is 53.7 Å². The molecular formula is C17H21NO3. The minimum absolute atomic E-state index is 0.592. The fourth-order valence-electron chi connectivity index (χ4n) is 1.86. The molecule has 0 unspecified atom stereocenters. The van der Waals surface area contributed by atoms with E-state index in [1.54, 1.807) is 0 Å². The molecule has 0 aliphatic carbocycles. The van der Waals surface area contributed by atoms with E-state index < -0.39 is 0 Å². The van der Waals surface area contributed by atoms with E-state index in [1.165, 1.54) is 0 Å². The van der Waals surface area contributed by atoms with Crippen LogP contribution in [0.3, 0.4) is 0 Å². The summed E-state index contributed by atoms with van der Waals surface area (Å²) in [4.78, 5) is 0. The monoisotopic (exact) mass is 287 g/mol. The third-order valence-corrected chi connectivity index (χ3v) is 2.80. The predicted octanol–water partition coefficient (Wildman–Crippen LogP) is 3.52. The lowest BCUT2D eigenvalue weighted by atomic mass is 10.3. The fourth-order valence-corrected chi connectivity index (χ4v) is 1.86. The Morgan fingerprint density at radius 2 is 1.38 bits per heavy atom. The van der Waals surface area contributed by atoms with Crippen LogP contribution in [0.1, 0.15) is 13.3 Å². The quantitative estimate of drug-likeness (QED) is 0.596. The first-order chi connectivity index (χ1) is 10.3. The average molecular weight is 287 g/mol. The molecule has 0 aliphatic heterocycles. The normalized spacial score (nSPS) is 10.1. The van der Waals surface area contributed by atoms with Gasteiger partial charge in [-0.25, -0.2) is 0 Å². The summed E-state index contributed by atoms with van der Waals surface area (Å²) in [7, 11) is 0. The first kappa shape index (κ1) is 15.0. The average Bonchev–Trinajstić information content (AvgIpc) is 2.48. The standard InChI is InChI=1S/C17H21NO3/c1-2-19-16-8-4-9-17(13-16)21-11-5-10-20-15-7-3-6-14(18)12-15/h3-4,6-9,12-13H,2,5,10-11,18H2,1H3. The van der Waals surface area contributed by atoms with Crippen LogP contribution in [0.15, 0.2) is 48.5 Å². The molecule has 0 atom stereocenters. The van der Waals surface area contributed by atoms with Crippen molar-refractivity contribution in [3.8, 4) is 17.2 Å². The van der Waals surface area contributed by atoms with Gasteiger partial charge in [0.15, 0.2) is 0 Å². The van der Waals surface area contributed by atoms with Gasteiger partial charge in [0, 0.05) is 24.2 Å². The lowest BCUT2D eigenvalue weighted by Crippen LogP contribution is -2.05. The summed E-state index contributed by atoms with van der Waals surface area (Å²) in [6.45, 7) is 3.80. The number of nitrogens with two attached hydrogens (primary N) is 1. The Balaban J connectivity index is 1.69. The van der Waals surface area contributed by atoms with Crippen LogP contribution in [-0.4, -0.2) is 19.8 Å². The Morgan fingerprint density at radius 1 is 0.810 bits per heavy atom. The van der Waals surface area contributed by atoms with E-state index in [9.17, 15) is 0 Å². The molecule has 0 aromatic heterocycles. The van der Waals surface area contributed by atoms with Crippen molar-refractivity contribution >= 4 is 5.69 Å². The highest BCUT2D eigenvalue weighted by Gasteiger charge is 1.98. The zero-order valence-corrected chi connectivity index (χ0v) is 12.2. The number of nitrogen functional groups attached to an aromatic ring is 1. The summed E-state index contributed by atoms with van der Waals surface area (Å²) in [6.07, 6.45) is 0.799. The number of anilines is 1. The Morgan fingerprint density at radius 3 is 2.00 bits per heavy atom. The van der Waals surface area contributed by atoms with Crippen molar-refractivity contribution in [2.75, 3.05) is 25.6 Å². The molecule has 2 aromatic rings. The fraction of sp³-hybridized carbons (Fsp3) is 0.294. The number of hydrogen-bond acceptors (Lipinski definition) is 4. The predicted molar refractivity (Wildman–Crippen MR) is 84.1 cm³/mol. The van der Waals surface area contributed by atoms with E-state index >= 15 is 0 Å². The lowest BCUT2D eigenvalue weighted by molar-refractivity contribution is 0.246. The minimum atomic E-state index is 0.592. The van der Waals surface area contributed by atoms with Gasteiger partial charge in [-0.05, 0) is 31.2 Å². The maximum absolute atomic E-state index is 5.69. The largest absolute Gasteiger partial charge is 0.494 e. The second-order valence-corrected chi connectivity index (χ2v) is 4.53. The van der Waals surface area contributed by atoms with Gasteiger partial charge in [0.05, 0.1) is 19.8 Å². The maximum atomic E-state index is 5.69. The van der Waals surface area contributed by atoms with Crippen LogP contribution < -0.4 is 19.9 Å². The second kappa shape index (κ2) is 8.04. The molecule has 0 aliphatic rings. The van der Waals surface area contributed by atoms with Gasteiger partial charge in [0.1, 0.15) is 17.2 Å². The highest BCUT2D eigenvalue weighted by Crippen LogP contribution is 2.19. The molecule has 0 saturated carbocycles. The third-order valence-electron chi connectivity index (χ3n) is 2.80. The van der Waals surface area contributed by atoms with Crippen LogP contribution >= 0.6 is 0 Å². The van der Waals surface area contributed by atoms with Gasteiger partial charge in [-0.1, -0.05) is 12.1 Å². The van der Waals surface area contributed by atoms with Crippen LogP contribution in [0.25, 0.3) is 0 Å². The number of ether oxygens (including phenoxy) is 3. The van der Waals surface area contributed by atoms with Crippen LogP contribution in [0.2, 0.25) is 0 Å². The molecule has 2 rings (SSSR count). The van der Waals surface area contributed by atoms with Crippen molar-refractivity contribution in [3.05, 3.63) is 48.5 Å². The minimum Gasteiger partial charge on any atom is -0.494 e. The molecule has 2 aromatic carbocycles. The van der Waals surface area contributed by atoms with E-state index in [4.69, 9.17) is 19.9 Å². The summed E-state index contributed by atoms with van der Waals surface area (Å²) in [5.41, 5.74) is 6.39. The van der Waals surface area contributed by atoms with E-state index in [2.05, 4.69) is 0 Å². The first-order valence-electron chi connectivity index (χ1n) is 7.12. The molecule has 0 radical (unpaired) electrons. The SMILES string of the molecule is CCOc1cccc(OCCCOc2cccc(N)c2)c1. The molecule has 0 heterocycles. The van der Waals surface area contributed by atoms with Gasteiger partial charge >= 0.3 is 0 Å². The Bertz CT molecular complexity index is 557. The van der Waals surface area contributed by atoms with Gasteiger partial charge in [-0.2, -0.15) is 0 Å². The molecule has 0 bridgehead atoms. The van der Waals surface area contributed by atoms with Crippen molar-refractivity contribution in [3.63, 3.8) is 0 Å². The zero-order valence-electron chi connectivity index (χ0n) is 12.2. The summed E-state index contributed by atoms with van der Waals surface area (Å²) in [5.74, 6) is 2.42. The summed E-state index contributed by atoms with van der Waals surface area (Å²) >= 11 is 0. The van der Waals surface area contributed by atoms with Crippen molar-refractivity contribution in [2.24, 2.45) is 0 Å². The Labute approximate surface area is 125 Å². The zero-order chi connectivity index (χ0) is 14.9. The second-order valence-electron chi connectivity index (χ2n) is 4.53. The number of hydrogen-bond donors (Lipinski definition) is 1. The van der Waals surface area contributed by atoms with Gasteiger partial charge in [0.2, 0.25) is 0 Å². The highest BCUT2D eigenvalue weighted by atomic mass is 16.5. The number of benzene rings is 2. The third kappa shape index (κ3) is 5.26. The van der Waals surface area contributed by atoms with E-state index in [-0.39, 0.29) is 0 Å². The molecule has 112 valence electrons. The Hall–Kier alpha value is -2.36. The van der Waals surface area contributed by atoms with Crippen LogP contribution in [0, 0.1) is 0 Å². The first-order valence-corrected chi connectivity index (χ1v) is 7.12. The van der Waals surface area contributed by atoms with Gasteiger partial charge in [-0.3, -0.25) is 0 Å². The maximum Gasteiger partial charge on any atom is 0.122 e. The molecule has 0 fully saturated rings. The van der Waals surface area contributed by atoms with Crippen molar-refractivity contribution in [2.45, 2.75) is 13.3 Å². The van der Waals surface area contributed by atoms with Crippen molar-refractivity contribution < 1.29 is 14.2 Å². The van der Waals surface area contributed by atoms with Gasteiger partial charge in [0.25, 0.3) is 0 Å². The molecular weight excluding hydrogens is 266 g/mol. The molecule has 4 nitrogen and oxygen atoms in total. The van der Waals surface area contributed by atoms with E-state index in [0.29, 0.717) is 25.5 Å². The molecule has 21 heavy (non-hydrogen) atoms. The molecule has 2 N–H and O–H groups in total. The molecule has 0 amide bonds. The summed E-state index contributed by atoms with van der Waals surface area (Å²) < 4.78 is 16.7. The van der Waals surface area contributed by atoms with Crippen LogP contribution in [0.4, 0.5) is 5.69 Å². The van der Waals surface area contributed by atoms with Crippen LogP contribution in [0.5, 0.6) is 17.2 Å². The number of rotatable bonds is 8. The Kier molecular flexibility index (Phi) is 5.76. The highest BCUT2D eigenvalue weighted by molar-refractivity contribution is 5.43. The smallest absolute Gasteiger partial charge is 0.122 e. The lowest BCUT2D eigenvalue weighted by Gasteiger charge is -2.09. The van der Waals surface area contributed by atoms with Crippen LogP contribution in [-0.2, 0) is 0 Å². The molecule has 4 heteroatoms. The van der Waals surface area contributed by atoms with Gasteiger partial charge in [-0.15, -0.1) is 0 Å². The summed E-state index contributed by atoms with van der Waals surface area (Å²) in [5, 5.41) is 0. The molecule has 0 spiro atoms. The van der Waals surface area contributed by atoms with Crippen molar-refractivity contribution in [1.29, 1.82) is 0 Å².